The summed E-state index contributed by atoms with van der Waals surface area (Å²) in [6.45, 7) is 30.0. The van der Waals surface area contributed by atoms with Crippen molar-refractivity contribution in [2.45, 2.75) is 41.5 Å². The molecule has 0 bridgehead atoms. The first-order valence-electron chi connectivity index (χ1n) is 4.24. The van der Waals surface area contributed by atoms with Gasteiger partial charge < -0.3 is 0 Å². The molecule has 0 saturated heterocycles. The second kappa shape index (κ2) is 837. The van der Waals surface area contributed by atoms with Crippen molar-refractivity contribution in [3.8, 4) is 0 Å². The molecule has 2 heteroatoms. The van der Waals surface area contributed by atoms with Crippen molar-refractivity contribution in [3.63, 3.8) is 0 Å². The Morgan fingerprint density at radius 2 is 0.286 bits per heavy atom. The molecule has 0 aromatic heterocycles. The van der Waals surface area contributed by atoms with E-state index in [4.69, 9.17) is 0 Å². The third kappa shape index (κ3) is 672. The van der Waals surface area contributed by atoms with Crippen molar-refractivity contribution < 1.29 is 0 Å². The zero-order valence-corrected chi connectivity index (χ0v) is 19.0. The predicted octanol–water partition coefficient (Wildman–Crippen LogP) is 4.28. The standard InChI is InChI=1S/6C2H5.2Pb/c6*1-2;;/h6*1H2,2H3;;. The van der Waals surface area contributed by atoms with Crippen molar-refractivity contribution in [2.75, 3.05) is 0 Å². The van der Waals surface area contributed by atoms with E-state index in [0.717, 1.165) is 0 Å². The molecule has 14 heavy (non-hydrogen) atoms. The van der Waals surface area contributed by atoms with Gasteiger partial charge in [-0.2, -0.15) is 0 Å². The van der Waals surface area contributed by atoms with Gasteiger partial charge in [0.1, 0.15) is 0 Å². The Bertz CT molecular complexity index is 8.28. The van der Waals surface area contributed by atoms with Crippen LogP contribution in [0.3, 0.4) is 0 Å². The summed E-state index contributed by atoms with van der Waals surface area (Å²) >= 11 is 0. The van der Waals surface area contributed by atoms with Gasteiger partial charge in [0.25, 0.3) is 0 Å². The smallest absolute Gasteiger partial charge is 0 e. The van der Waals surface area contributed by atoms with E-state index in [1.165, 1.54) is 0 Å². The normalized spacial score (nSPS) is 2.57. The molecule has 0 atom stereocenters. The molecular formula is C12H30Pb2. The van der Waals surface area contributed by atoms with Gasteiger partial charge in [0, 0.05) is 54.6 Å². The first kappa shape index (κ1) is 56.7. The maximum absolute atomic E-state index is 3.25. The van der Waals surface area contributed by atoms with E-state index in [0.29, 0.717) is 0 Å². The summed E-state index contributed by atoms with van der Waals surface area (Å²) in [4.78, 5) is 0. The van der Waals surface area contributed by atoms with Crippen LogP contribution in [0.25, 0.3) is 0 Å². The summed E-state index contributed by atoms with van der Waals surface area (Å²) < 4.78 is 0. The van der Waals surface area contributed by atoms with E-state index >= 15 is 0 Å². The second-order valence-corrected chi connectivity index (χ2v) is 0. The fourth-order valence-corrected chi connectivity index (χ4v) is 0. The first-order valence-corrected chi connectivity index (χ1v) is 4.24. The van der Waals surface area contributed by atoms with Crippen molar-refractivity contribution in [1.82, 2.24) is 0 Å². The zero-order valence-electron chi connectivity index (χ0n) is 11.2. The Labute approximate surface area is 136 Å². The molecule has 0 amide bonds. The maximum Gasteiger partial charge on any atom is 0 e. The quantitative estimate of drug-likeness (QED) is 0.371. The van der Waals surface area contributed by atoms with Crippen molar-refractivity contribution >= 4 is 54.6 Å². The van der Waals surface area contributed by atoms with E-state index in [1.807, 2.05) is 0 Å². The fraction of sp³-hybridized carbons (Fsp3) is 0.500. The molecule has 0 unspecified atom stereocenters. The molecule has 0 aliphatic carbocycles. The molecule has 0 heterocycles. The van der Waals surface area contributed by atoms with Crippen LogP contribution >= 0.6 is 0 Å². The van der Waals surface area contributed by atoms with E-state index in [2.05, 4.69) is 41.5 Å². The SMILES string of the molecule is [CH2]C.[CH2]C.[CH2]C.[CH2]C.[CH2]C.[CH2]C.[Pb].[Pb]. The average molecular weight is 589 g/mol. The Morgan fingerprint density at radius 3 is 0.286 bits per heavy atom. The van der Waals surface area contributed by atoms with Crippen LogP contribution in [0.5, 0.6) is 0 Å². The van der Waals surface area contributed by atoms with Gasteiger partial charge in [-0.15, -0.1) is 0 Å². The summed E-state index contributed by atoms with van der Waals surface area (Å²) in [6, 6.07) is 0. The summed E-state index contributed by atoms with van der Waals surface area (Å²) in [5.41, 5.74) is 0. The molecule has 0 rings (SSSR count). The minimum atomic E-state index is 0. The molecule has 0 aromatic carbocycles. The number of hydrogen-bond acceptors (Lipinski definition) is 0. The van der Waals surface area contributed by atoms with Crippen LogP contribution in [0.2, 0.25) is 0 Å². The van der Waals surface area contributed by atoms with Crippen LogP contribution in [0.1, 0.15) is 41.5 Å². The molecular weight excluding hydrogens is 559 g/mol. The van der Waals surface area contributed by atoms with Crippen LogP contribution in [-0.2, 0) is 0 Å². The topological polar surface area (TPSA) is 0 Å². The van der Waals surface area contributed by atoms with E-state index in [9.17, 15) is 0 Å². The molecule has 0 aliphatic rings. The van der Waals surface area contributed by atoms with Crippen molar-refractivity contribution in [3.05, 3.63) is 41.5 Å². The third-order valence-electron chi connectivity index (χ3n) is 0. The van der Waals surface area contributed by atoms with E-state index < -0.39 is 0 Å². The predicted molar refractivity (Wildman–Crippen MR) is 77.7 cm³/mol. The zero-order chi connectivity index (χ0) is 12.0. The molecule has 0 spiro atoms. The molecule has 86 valence electrons. The van der Waals surface area contributed by atoms with Crippen LogP contribution in [0, 0.1) is 41.5 Å². The molecule has 14 radical (unpaired) electrons. The molecule has 0 N–H and O–H groups in total. The molecule has 0 saturated carbocycles. The van der Waals surface area contributed by atoms with E-state index in [-0.39, 0.29) is 54.6 Å². The number of hydrogen-bond donors (Lipinski definition) is 0. The third-order valence-corrected chi connectivity index (χ3v) is 0. The van der Waals surface area contributed by atoms with Gasteiger partial charge in [-0.05, 0) is 0 Å². The minimum Gasteiger partial charge on any atom is -0.0654 e. The van der Waals surface area contributed by atoms with Gasteiger partial charge in [-0.25, -0.2) is 0 Å². The van der Waals surface area contributed by atoms with Crippen molar-refractivity contribution in [1.29, 1.82) is 0 Å². The van der Waals surface area contributed by atoms with Crippen LogP contribution < -0.4 is 0 Å². The summed E-state index contributed by atoms with van der Waals surface area (Å²) in [5, 5.41) is 0. The number of rotatable bonds is 0. The van der Waals surface area contributed by atoms with Gasteiger partial charge in [0.05, 0.1) is 0 Å². The first-order chi connectivity index (χ1) is 6.00. The van der Waals surface area contributed by atoms with Gasteiger partial charge in [0.15, 0.2) is 0 Å². The molecule has 0 aliphatic heterocycles. The van der Waals surface area contributed by atoms with Crippen LogP contribution in [0.4, 0.5) is 0 Å². The maximum atomic E-state index is 3.25. The minimum absolute atomic E-state index is 0. The van der Waals surface area contributed by atoms with E-state index in [1.54, 1.807) is 41.5 Å². The second-order valence-electron chi connectivity index (χ2n) is 0. The Morgan fingerprint density at radius 1 is 0.286 bits per heavy atom. The molecule has 0 fully saturated rings. The largest absolute Gasteiger partial charge is 0.0654 e. The Balaban J connectivity index is -0.00000000500. The van der Waals surface area contributed by atoms with Crippen LogP contribution in [0.15, 0.2) is 0 Å². The van der Waals surface area contributed by atoms with Gasteiger partial charge in [-0.3, -0.25) is 0 Å². The Kier molecular flexibility index (Phi) is 3390. The van der Waals surface area contributed by atoms with Crippen LogP contribution in [-0.4, -0.2) is 54.6 Å². The Hall–Kier alpha value is 1.84. The van der Waals surface area contributed by atoms with Gasteiger partial charge in [-0.1, -0.05) is 83.1 Å². The van der Waals surface area contributed by atoms with Gasteiger partial charge in [0.2, 0.25) is 0 Å². The average Bonchev–Trinajstić information content (AvgIpc) is 2.33. The van der Waals surface area contributed by atoms with Crippen molar-refractivity contribution in [2.24, 2.45) is 0 Å². The summed E-state index contributed by atoms with van der Waals surface area (Å²) in [7, 11) is 0. The summed E-state index contributed by atoms with van der Waals surface area (Å²) in [5.74, 6) is 0. The monoisotopic (exact) mass is 590 g/mol. The molecule has 0 aromatic rings. The van der Waals surface area contributed by atoms with Gasteiger partial charge >= 0.3 is 0 Å². The fourth-order valence-electron chi connectivity index (χ4n) is 0. The summed E-state index contributed by atoms with van der Waals surface area (Å²) in [6.07, 6.45) is 0. The molecule has 0 nitrogen and oxygen atoms in total.